The zero-order valence-electron chi connectivity index (χ0n) is 10.8. The molecule has 2 heterocycles. The van der Waals surface area contributed by atoms with Crippen LogP contribution < -0.4 is 0 Å². The van der Waals surface area contributed by atoms with Crippen LogP contribution in [0.25, 0.3) is 0 Å². The molecule has 2 aromatic heterocycles. The van der Waals surface area contributed by atoms with Crippen molar-refractivity contribution in [2.24, 2.45) is 0 Å². The Kier molecular flexibility index (Phi) is 3.86. The van der Waals surface area contributed by atoms with Crippen LogP contribution in [0.4, 0.5) is 0 Å². The van der Waals surface area contributed by atoms with E-state index in [0.717, 1.165) is 23.3 Å². The van der Waals surface area contributed by atoms with Gasteiger partial charge in [0.05, 0.1) is 10.9 Å². The zero-order chi connectivity index (χ0) is 13.2. The molecular formula is C13H16ClN3OS. The van der Waals surface area contributed by atoms with E-state index in [9.17, 15) is 0 Å². The van der Waals surface area contributed by atoms with Gasteiger partial charge in [-0.1, -0.05) is 23.7 Å². The normalized spacial score (nSPS) is 15.3. The first-order valence-electron chi connectivity index (χ1n) is 6.53. The van der Waals surface area contributed by atoms with Gasteiger partial charge in [0.25, 0.3) is 0 Å². The highest BCUT2D eigenvalue weighted by Gasteiger charge is 2.28. The smallest absolute Gasteiger partial charge is 0.240 e. The number of rotatable bonds is 6. The van der Waals surface area contributed by atoms with Gasteiger partial charge in [0.15, 0.2) is 5.82 Å². The van der Waals surface area contributed by atoms with E-state index < -0.39 is 0 Å². The average Bonchev–Trinajstić information content (AvgIpc) is 3.02. The second-order valence-electron chi connectivity index (χ2n) is 4.83. The van der Waals surface area contributed by atoms with Crippen LogP contribution in [0.2, 0.25) is 4.34 Å². The first-order valence-corrected chi connectivity index (χ1v) is 7.73. The quantitative estimate of drug-likeness (QED) is 0.815. The number of hydrogen-bond donors (Lipinski definition) is 0. The van der Waals surface area contributed by atoms with E-state index in [1.807, 2.05) is 6.07 Å². The predicted octanol–water partition coefficient (Wildman–Crippen LogP) is 3.68. The Morgan fingerprint density at radius 3 is 2.89 bits per heavy atom. The van der Waals surface area contributed by atoms with Crippen molar-refractivity contribution < 1.29 is 4.52 Å². The van der Waals surface area contributed by atoms with Crippen molar-refractivity contribution in [3.8, 4) is 0 Å². The summed E-state index contributed by atoms with van der Waals surface area (Å²) in [6, 6.07) is 4.01. The standard InChI is InChI=1S/C13H16ClN3OS/c1-2-17(7-10-5-6-11(14)19-10)8-12-15-13(16-18-12)9-3-4-9/h5-6,9H,2-4,7-8H2,1H3. The molecule has 102 valence electrons. The van der Waals surface area contributed by atoms with E-state index in [1.54, 1.807) is 11.3 Å². The molecule has 0 aromatic carbocycles. The van der Waals surface area contributed by atoms with Crippen LogP contribution in [-0.4, -0.2) is 21.6 Å². The summed E-state index contributed by atoms with van der Waals surface area (Å²) < 4.78 is 6.15. The fourth-order valence-electron chi connectivity index (χ4n) is 1.97. The van der Waals surface area contributed by atoms with Gasteiger partial charge >= 0.3 is 0 Å². The molecule has 0 spiro atoms. The molecule has 0 saturated heterocycles. The highest BCUT2D eigenvalue weighted by Crippen LogP contribution is 2.38. The molecule has 6 heteroatoms. The minimum absolute atomic E-state index is 0.545. The highest BCUT2D eigenvalue weighted by atomic mass is 35.5. The summed E-state index contributed by atoms with van der Waals surface area (Å²) in [6.45, 7) is 4.64. The number of thiophene rings is 1. The summed E-state index contributed by atoms with van der Waals surface area (Å²) in [7, 11) is 0. The lowest BCUT2D eigenvalue weighted by Gasteiger charge is -2.16. The van der Waals surface area contributed by atoms with E-state index >= 15 is 0 Å². The fraction of sp³-hybridized carbons (Fsp3) is 0.538. The lowest BCUT2D eigenvalue weighted by molar-refractivity contribution is 0.230. The van der Waals surface area contributed by atoms with Gasteiger partial charge in [-0.3, -0.25) is 4.90 Å². The highest BCUT2D eigenvalue weighted by molar-refractivity contribution is 7.16. The minimum Gasteiger partial charge on any atom is -0.338 e. The Hall–Kier alpha value is -0.910. The molecule has 0 amide bonds. The second-order valence-corrected chi connectivity index (χ2v) is 6.63. The first kappa shape index (κ1) is 13.1. The Morgan fingerprint density at radius 1 is 1.42 bits per heavy atom. The summed E-state index contributed by atoms with van der Waals surface area (Å²) in [5.41, 5.74) is 0. The summed E-state index contributed by atoms with van der Waals surface area (Å²) >= 11 is 7.57. The molecule has 19 heavy (non-hydrogen) atoms. The molecule has 0 unspecified atom stereocenters. The fourth-order valence-corrected chi connectivity index (χ4v) is 3.10. The van der Waals surface area contributed by atoms with Gasteiger partial charge in [0, 0.05) is 17.3 Å². The Labute approximate surface area is 121 Å². The van der Waals surface area contributed by atoms with Crippen molar-refractivity contribution in [1.82, 2.24) is 15.0 Å². The van der Waals surface area contributed by atoms with Gasteiger partial charge in [-0.25, -0.2) is 0 Å². The number of aromatic nitrogens is 2. The average molecular weight is 298 g/mol. The topological polar surface area (TPSA) is 42.2 Å². The molecule has 4 nitrogen and oxygen atoms in total. The Balaban J connectivity index is 1.61. The molecule has 0 atom stereocenters. The maximum Gasteiger partial charge on any atom is 0.240 e. The third kappa shape index (κ3) is 3.35. The van der Waals surface area contributed by atoms with Gasteiger partial charge in [0.1, 0.15) is 0 Å². The van der Waals surface area contributed by atoms with E-state index in [4.69, 9.17) is 16.1 Å². The molecule has 0 radical (unpaired) electrons. The first-order chi connectivity index (χ1) is 9.24. The maximum atomic E-state index is 5.95. The van der Waals surface area contributed by atoms with Gasteiger partial charge in [0.2, 0.25) is 5.89 Å². The van der Waals surface area contributed by atoms with E-state index in [1.165, 1.54) is 17.7 Å². The van der Waals surface area contributed by atoms with Gasteiger partial charge in [-0.15, -0.1) is 11.3 Å². The Morgan fingerprint density at radius 2 is 2.26 bits per heavy atom. The number of nitrogens with zero attached hydrogens (tertiary/aromatic N) is 3. The molecule has 1 aliphatic carbocycles. The summed E-state index contributed by atoms with van der Waals surface area (Å²) in [5, 5.41) is 4.05. The van der Waals surface area contributed by atoms with Crippen LogP contribution in [0.3, 0.4) is 0 Å². The lowest BCUT2D eigenvalue weighted by atomic mass is 10.4. The SMILES string of the molecule is CCN(Cc1nc(C2CC2)no1)Cc1ccc(Cl)s1. The molecule has 3 rings (SSSR count). The third-order valence-electron chi connectivity index (χ3n) is 3.24. The summed E-state index contributed by atoms with van der Waals surface area (Å²) in [4.78, 5) is 7.99. The molecule has 1 fully saturated rings. The van der Waals surface area contributed by atoms with Crippen LogP contribution in [0.5, 0.6) is 0 Å². The van der Waals surface area contributed by atoms with Crippen molar-refractivity contribution in [2.75, 3.05) is 6.54 Å². The largest absolute Gasteiger partial charge is 0.338 e. The van der Waals surface area contributed by atoms with E-state index in [0.29, 0.717) is 18.4 Å². The minimum atomic E-state index is 0.545. The van der Waals surface area contributed by atoms with Crippen molar-refractivity contribution in [3.63, 3.8) is 0 Å². The predicted molar refractivity (Wildman–Crippen MR) is 75.4 cm³/mol. The Bertz CT molecular complexity index is 550. The molecule has 1 saturated carbocycles. The number of hydrogen-bond acceptors (Lipinski definition) is 5. The van der Waals surface area contributed by atoms with Gasteiger partial charge in [-0.2, -0.15) is 4.98 Å². The maximum absolute atomic E-state index is 5.95. The van der Waals surface area contributed by atoms with Crippen LogP contribution in [0.15, 0.2) is 16.7 Å². The summed E-state index contributed by atoms with van der Waals surface area (Å²) in [5.74, 6) is 2.14. The monoisotopic (exact) mass is 297 g/mol. The number of halogens is 1. The van der Waals surface area contributed by atoms with E-state index in [2.05, 4.69) is 28.0 Å². The molecule has 0 aliphatic heterocycles. The third-order valence-corrected chi connectivity index (χ3v) is 4.46. The zero-order valence-corrected chi connectivity index (χ0v) is 12.4. The van der Waals surface area contributed by atoms with Gasteiger partial charge < -0.3 is 4.52 Å². The molecular weight excluding hydrogens is 282 g/mol. The van der Waals surface area contributed by atoms with Crippen LogP contribution in [-0.2, 0) is 13.1 Å². The molecule has 0 N–H and O–H groups in total. The molecule has 2 aromatic rings. The van der Waals surface area contributed by atoms with Crippen LogP contribution in [0.1, 0.15) is 42.3 Å². The van der Waals surface area contributed by atoms with Gasteiger partial charge in [-0.05, 0) is 31.5 Å². The van der Waals surface area contributed by atoms with Crippen LogP contribution >= 0.6 is 22.9 Å². The van der Waals surface area contributed by atoms with Crippen molar-refractivity contribution in [2.45, 2.75) is 38.8 Å². The lowest BCUT2D eigenvalue weighted by Crippen LogP contribution is -2.22. The molecule has 1 aliphatic rings. The summed E-state index contributed by atoms with van der Waals surface area (Å²) in [6.07, 6.45) is 2.40. The van der Waals surface area contributed by atoms with Crippen LogP contribution in [0, 0.1) is 0 Å². The van der Waals surface area contributed by atoms with Crippen molar-refractivity contribution in [1.29, 1.82) is 0 Å². The van der Waals surface area contributed by atoms with Crippen molar-refractivity contribution in [3.05, 3.63) is 33.1 Å². The molecule has 0 bridgehead atoms. The van der Waals surface area contributed by atoms with E-state index in [-0.39, 0.29) is 0 Å². The second kappa shape index (κ2) is 5.61. The van der Waals surface area contributed by atoms with Crippen molar-refractivity contribution >= 4 is 22.9 Å².